The molecular weight excluding hydrogens is 487 g/mol. The zero-order valence-electron chi connectivity index (χ0n) is 18.5. The first-order chi connectivity index (χ1) is 15.2. The second kappa shape index (κ2) is 13.3. The molecule has 2 aromatic carbocycles. The first-order valence-corrected chi connectivity index (χ1v) is 12.7. The molecule has 4 nitrogen and oxygen atoms in total. The Hall–Kier alpha value is -1.40. The van der Waals surface area contributed by atoms with Crippen molar-refractivity contribution in [1.29, 1.82) is 0 Å². The van der Waals surface area contributed by atoms with E-state index in [1.165, 1.54) is 0 Å². The maximum atomic E-state index is 13.2. The molecule has 0 aromatic heterocycles. The molecule has 0 fully saturated rings. The third kappa shape index (κ3) is 8.51. The highest BCUT2D eigenvalue weighted by Crippen LogP contribution is 2.25. The summed E-state index contributed by atoms with van der Waals surface area (Å²) in [5.74, 6) is 0.707. The Balaban J connectivity index is 2.14. The van der Waals surface area contributed by atoms with Gasteiger partial charge in [0.05, 0.1) is 10.0 Å². The van der Waals surface area contributed by atoms with Crippen LogP contribution in [-0.2, 0) is 16.1 Å². The molecule has 0 saturated carbocycles. The molecular formula is C24H29Cl3N2O2S. The number of amides is 2. The monoisotopic (exact) mass is 514 g/mol. The number of carbonyl (C=O) groups is 2. The molecule has 8 heteroatoms. The number of benzene rings is 2. The highest BCUT2D eigenvalue weighted by atomic mass is 35.5. The average molecular weight is 516 g/mol. The summed E-state index contributed by atoms with van der Waals surface area (Å²) in [4.78, 5) is 28.8. The Labute approximate surface area is 210 Å². The van der Waals surface area contributed by atoms with E-state index >= 15 is 0 Å². The minimum Gasteiger partial charge on any atom is -0.354 e. The van der Waals surface area contributed by atoms with E-state index in [0.717, 1.165) is 10.5 Å². The quantitative estimate of drug-likeness (QED) is 0.338. The Morgan fingerprint density at radius 1 is 1.03 bits per heavy atom. The number of hydrogen-bond donors (Lipinski definition) is 1. The summed E-state index contributed by atoms with van der Waals surface area (Å²) >= 11 is 19.7. The first kappa shape index (κ1) is 26.8. The SMILES string of the molecule is CCC(C(=O)NCC(C)C)N(Cc1ccc(Cl)c(Cl)c1)C(=O)CCSc1ccc(Cl)cc1. The van der Waals surface area contributed by atoms with Crippen LogP contribution in [0.1, 0.15) is 39.2 Å². The Kier molecular flexibility index (Phi) is 11.2. The van der Waals surface area contributed by atoms with Gasteiger partial charge in [-0.3, -0.25) is 9.59 Å². The van der Waals surface area contributed by atoms with Gasteiger partial charge in [0.2, 0.25) is 11.8 Å². The lowest BCUT2D eigenvalue weighted by Crippen LogP contribution is -2.49. The van der Waals surface area contributed by atoms with Crippen molar-refractivity contribution in [2.75, 3.05) is 12.3 Å². The van der Waals surface area contributed by atoms with Crippen LogP contribution < -0.4 is 5.32 Å². The van der Waals surface area contributed by atoms with E-state index in [1.807, 2.05) is 51.1 Å². The normalized spacial score (nSPS) is 12.0. The Bertz CT molecular complexity index is 907. The van der Waals surface area contributed by atoms with Gasteiger partial charge in [-0.2, -0.15) is 0 Å². The molecule has 0 spiro atoms. The molecule has 0 radical (unpaired) electrons. The molecule has 1 N–H and O–H groups in total. The zero-order chi connectivity index (χ0) is 23.7. The number of nitrogens with one attached hydrogen (secondary N) is 1. The van der Waals surface area contributed by atoms with Crippen molar-refractivity contribution in [3.8, 4) is 0 Å². The van der Waals surface area contributed by atoms with Crippen molar-refractivity contribution in [3.05, 3.63) is 63.1 Å². The third-order valence-electron chi connectivity index (χ3n) is 4.81. The molecule has 0 saturated heterocycles. The van der Waals surface area contributed by atoms with Gasteiger partial charge in [-0.25, -0.2) is 0 Å². The maximum Gasteiger partial charge on any atom is 0.242 e. The van der Waals surface area contributed by atoms with Gasteiger partial charge < -0.3 is 10.2 Å². The standard InChI is InChI=1S/C24H29Cl3N2O2S/c1-4-22(24(31)28-14-16(2)3)29(15-17-5-10-20(26)21(27)13-17)23(30)11-12-32-19-8-6-18(25)7-9-19/h5-10,13,16,22H,4,11-12,14-15H2,1-3H3,(H,28,31). The molecule has 1 unspecified atom stereocenters. The summed E-state index contributed by atoms with van der Waals surface area (Å²) in [5, 5.41) is 4.52. The van der Waals surface area contributed by atoms with E-state index in [4.69, 9.17) is 34.8 Å². The van der Waals surface area contributed by atoms with Gasteiger partial charge in [0.1, 0.15) is 6.04 Å². The van der Waals surface area contributed by atoms with Gasteiger partial charge in [0.25, 0.3) is 0 Å². The molecule has 0 bridgehead atoms. The molecule has 1 atom stereocenters. The van der Waals surface area contributed by atoms with Gasteiger partial charge in [-0.15, -0.1) is 11.8 Å². The topological polar surface area (TPSA) is 49.4 Å². The number of carbonyl (C=O) groups excluding carboxylic acids is 2. The highest BCUT2D eigenvalue weighted by Gasteiger charge is 2.28. The van der Waals surface area contributed by atoms with E-state index < -0.39 is 6.04 Å². The van der Waals surface area contributed by atoms with E-state index in [2.05, 4.69) is 5.32 Å². The molecule has 32 heavy (non-hydrogen) atoms. The van der Waals surface area contributed by atoms with Crippen LogP contribution in [0, 0.1) is 5.92 Å². The van der Waals surface area contributed by atoms with E-state index in [1.54, 1.807) is 28.8 Å². The van der Waals surface area contributed by atoms with Gasteiger partial charge in [-0.05, 0) is 54.3 Å². The van der Waals surface area contributed by atoms with Crippen LogP contribution in [0.15, 0.2) is 47.4 Å². The molecule has 174 valence electrons. The number of nitrogens with zero attached hydrogens (tertiary/aromatic N) is 1. The first-order valence-electron chi connectivity index (χ1n) is 10.6. The van der Waals surface area contributed by atoms with Gasteiger partial charge in [0.15, 0.2) is 0 Å². The molecule has 0 aliphatic rings. The van der Waals surface area contributed by atoms with Crippen LogP contribution in [-0.4, -0.2) is 35.1 Å². The number of rotatable bonds is 11. The van der Waals surface area contributed by atoms with Crippen LogP contribution in [0.4, 0.5) is 0 Å². The second-order valence-electron chi connectivity index (χ2n) is 7.89. The summed E-state index contributed by atoms with van der Waals surface area (Å²) in [5.41, 5.74) is 0.827. The maximum absolute atomic E-state index is 13.2. The molecule has 0 aliphatic carbocycles. The van der Waals surface area contributed by atoms with Crippen molar-refractivity contribution in [1.82, 2.24) is 10.2 Å². The smallest absolute Gasteiger partial charge is 0.242 e. The number of halogens is 3. The fourth-order valence-corrected chi connectivity index (χ4v) is 4.39. The van der Waals surface area contributed by atoms with Gasteiger partial charge in [-0.1, -0.05) is 61.6 Å². The van der Waals surface area contributed by atoms with Crippen LogP contribution in [0.3, 0.4) is 0 Å². The zero-order valence-corrected chi connectivity index (χ0v) is 21.6. The predicted octanol–water partition coefficient (Wildman–Crippen LogP) is 6.71. The molecule has 0 aliphatic heterocycles. The molecule has 2 amide bonds. The summed E-state index contributed by atoms with van der Waals surface area (Å²) in [6.45, 7) is 6.84. The Morgan fingerprint density at radius 2 is 1.72 bits per heavy atom. The molecule has 2 rings (SSSR count). The largest absolute Gasteiger partial charge is 0.354 e. The fourth-order valence-electron chi connectivity index (χ4n) is 3.11. The van der Waals surface area contributed by atoms with Crippen LogP contribution in [0.25, 0.3) is 0 Å². The van der Waals surface area contributed by atoms with Crippen molar-refractivity contribution in [3.63, 3.8) is 0 Å². The summed E-state index contributed by atoms with van der Waals surface area (Å²) in [7, 11) is 0. The van der Waals surface area contributed by atoms with E-state index in [0.29, 0.717) is 46.1 Å². The summed E-state index contributed by atoms with van der Waals surface area (Å²) < 4.78 is 0. The minimum absolute atomic E-state index is 0.0796. The molecule has 2 aromatic rings. The number of thioether (sulfide) groups is 1. The Morgan fingerprint density at radius 3 is 2.31 bits per heavy atom. The van der Waals surface area contributed by atoms with Crippen molar-refractivity contribution in [2.45, 2.75) is 51.1 Å². The highest BCUT2D eigenvalue weighted by molar-refractivity contribution is 7.99. The predicted molar refractivity (Wildman–Crippen MR) is 136 cm³/mol. The summed E-state index contributed by atoms with van der Waals surface area (Å²) in [6, 6.07) is 12.2. The fraction of sp³-hybridized carbons (Fsp3) is 0.417. The average Bonchev–Trinajstić information content (AvgIpc) is 2.75. The van der Waals surface area contributed by atoms with E-state index in [9.17, 15) is 9.59 Å². The van der Waals surface area contributed by atoms with Crippen LogP contribution in [0.5, 0.6) is 0 Å². The second-order valence-corrected chi connectivity index (χ2v) is 10.3. The van der Waals surface area contributed by atoms with Gasteiger partial charge in [0, 0.05) is 35.2 Å². The van der Waals surface area contributed by atoms with Crippen LogP contribution >= 0.6 is 46.6 Å². The van der Waals surface area contributed by atoms with Crippen LogP contribution in [0.2, 0.25) is 15.1 Å². The third-order valence-corrected chi connectivity index (χ3v) is 6.81. The van der Waals surface area contributed by atoms with Crippen molar-refractivity contribution >= 4 is 58.4 Å². The van der Waals surface area contributed by atoms with Crippen molar-refractivity contribution < 1.29 is 9.59 Å². The number of hydrogen-bond acceptors (Lipinski definition) is 3. The lowest BCUT2D eigenvalue weighted by molar-refractivity contribution is -0.141. The lowest BCUT2D eigenvalue weighted by atomic mass is 10.1. The van der Waals surface area contributed by atoms with E-state index in [-0.39, 0.29) is 18.4 Å². The summed E-state index contributed by atoms with van der Waals surface area (Å²) in [6.07, 6.45) is 0.823. The lowest BCUT2D eigenvalue weighted by Gasteiger charge is -2.31. The molecule has 0 heterocycles. The van der Waals surface area contributed by atoms with Gasteiger partial charge >= 0.3 is 0 Å². The van der Waals surface area contributed by atoms with Crippen molar-refractivity contribution in [2.24, 2.45) is 5.92 Å². The minimum atomic E-state index is -0.559.